The lowest BCUT2D eigenvalue weighted by Gasteiger charge is -2.11. The fourth-order valence-electron chi connectivity index (χ4n) is 1.97. The van der Waals surface area contributed by atoms with E-state index in [9.17, 15) is 9.59 Å². The summed E-state index contributed by atoms with van der Waals surface area (Å²) in [6.07, 6.45) is 0. The summed E-state index contributed by atoms with van der Waals surface area (Å²) in [6, 6.07) is 6.79. The van der Waals surface area contributed by atoms with Crippen molar-refractivity contribution in [2.45, 2.75) is 20.4 Å². The molecular weight excluding hydrogens is 336 g/mol. The molecule has 0 aliphatic rings. The molecule has 1 aromatic heterocycles. The van der Waals surface area contributed by atoms with Crippen LogP contribution in [0, 0.1) is 13.8 Å². The Labute approximate surface area is 130 Å². The Balaban J connectivity index is 2.31. The Kier molecular flexibility index (Phi) is 4.57. The minimum absolute atomic E-state index is 0.0388. The molecule has 1 heterocycles. The van der Waals surface area contributed by atoms with Gasteiger partial charge in [0, 0.05) is 11.3 Å². The van der Waals surface area contributed by atoms with Gasteiger partial charge in [-0.1, -0.05) is 0 Å². The third kappa shape index (κ3) is 3.21. The normalized spacial score (nSPS) is 10.5. The molecule has 0 aliphatic heterocycles. The number of hydrogen-bond acceptors (Lipinski definition) is 4. The van der Waals surface area contributed by atoms with Crippen LogP contribution >= 0.6 is 15.9 Å². The molecule has 5 nitrogen and oxygen atoms in total. The number of benzene rings is 1. The predicted molar refractivity (Wildman–Crippen MR) is 83.0 cm³/mol. The first-order valence-corrected chi connectivity index (χ1v) is 7.14. The Hall–Kier alpha value is -1.95. The molecule has 2 rings (SSSR count). The second-order valence-corrected chi connectivity index (χ2v) is 5.41. The standard InChI is InChI=1S/C15H15BrN2O3/c1-9-14(16)10(2)18(15(20)17-9)8-13(19)11-4-6-12(21-3)7-5-11/h4-7H,8H2,1-3H3. The van der Waals surface area contributed by atoms with E-state index in [0.29, 0.717) is 22.7 Å². The van der Waals surface area contributed by atoms with Gasteiger partial charge in [-0.3, -0.25) is 9.36 Å². The van der Waals surface area contributed by atoms with Crippen LogP contribution in [0.2, 0.25) is 0 Å². The summed E-state index contributed by atoms with van der Waals surface area (Å²) in [5, 5.41) is 0. The van der Waals surface area contributed by atoms with Gasteiger partial charge in [0.15, 0.2) is 5.78 Å². The van der Waals surface area contributed by atoms with E-state index in [1.807, 2.05) is 0 Å². The van der Waals surface area contributed by atoms with E-state index in [4.69, 9.17) is 4.74 Å². The molecule has 1 aromatic carbocycles. The summed E-state index contributed by atoms with van der Waals surface area (Å²) in [6.45, 7) is 3.48. The average Bonchev–Trinajstić information content (AvgIpc) is 2.49. The second kappa shape index (κ2) is 6.22. The zero-order chi connectivity index (χ0) is 15.6. The van der Waals surface area contributed by atoms with Crippen LogP contribution in [0.1, 0.15) is 21.7 Å². The molecule has 0 atom stereocenters. The lowest BCUT2D eigenvalue weighted by Crippen LogP contribution is -2.29. The first kappa shape index (κ1) is 15.4. The van der Waals surface area contributed by atoms with E-state index >= 15 is 0 Å². The third-order valence-electron chi connectivity index (χ3n) is 3.25. The zero-order valence-corrected chi connectivity index (χ0v) is 13.6. The van der Waals surface area contributed by atoms with Gasteiger partial charge < -0.3 is 4.74 Å². The van der Waals surface area contributed by atoms with Crippen molar-refractivity contribution in [3.05, 3.63) is 56.2 Å². The summed E-state index contributed by atoms with van der Waals surface area (Å²) in [5.74, 6) is 0.528. The highest BCUT2D eigenvalue weighted by atomic mass is 79.9. The Bertz CT molecular complexity index is 736. The van der Waals surface area contributed by atoms with Crippen molar-refractivity contribution in [2.24, 2.45) is 0 Å². The highest BCUT2D eigenvalue weighted by Gasteiger charge is 2.13. The molecule has 0 unspecified atom stereocenters. The van der Waals surface area contributed by atoms with Gasteiger partial charge in [-0.2, -0.15) is 4.98 Å². The van der Waals surface area contributed by atoms with Gasteiger partial charge >= 0.3 is 5.69 Å². The smallest absolute Gasteiger partial charge is 0.348 e. The maximum absolute atomic E-state index is 12.3. The number of rotatable bonds is 4. The summed E-state index contributed by atoms with van der Waals surface area (Å²) in [5.41, 5.74) is 1.41. The molecular formula is C15H15BrN2O3. The maximum Gasteiger partial charge on any atom is 0.348 e. The number of ketones is 1. The molecule has 21 heavy (non-hydrogen) atoms. The van der Waals surface area contributed by atoms with Crippen LogP contribution in [0.25, 0.3) is 0 Å². The second-order valence-electron chi connectivity index (χ2n) is 4.62. The molecule has 0 amide bonds. The van der Waals surface area contributed by atoms with E-state index in [1.54, 1.807) is 45.2 Å². The minimum atomic E-state index is -0.421. The van der Waals surface area contributed by atoms with Crippen LogP contribution in [0.4, 0.5) is 0 Å². The van der Waals surface area contributed by atoms with Crippen LogP contribution in [0.3, 0.4) is 0 Å². The van der Waals surface area contributed by atoms with Crippen molar-refractivity contribution in [1.29, 1.82) is 0 Å². The topological polar surface area (TPSA) is 61.2 Å². The van der Waals surface area contributed by atoms with E-state index in [0.717, 1.165) is 4.47 Å². The quantitative estimate of drug-likeness (QED) is 0.795. The van der Waals surface area contributed by atoms with Gasteiger partial charge in [0.2, 0.25) is 0 Å². The van der Waals surface area contributed by atoms with Crippen LogP contribution < -0.4 is 10.4 Å². The summed E-state index contributed by atoms with van der Waals surface area (Å²) >= 11 is 3.38. The van der Waals surface area contributed by atoms with Crippen molar-refractivity contribution < 1.29 is 9.53 Å². The van der Waals surface area contributed by atoms with Crippen molar-refractivity contribution in [3.8, 4) is 5.75 Å². The number of halogens is 1. The highest BCUT2D eigenvalue weighted by molar-refractivity contribution is 9.10. The summed E-state index contributed by atoms with van der Waals surface area (Å²) in [7, 11) is 1.56. The third-order valence-corrected chi connectivity index (χ3v) is 4.40. The monoisotopic (exact) mass is 350 g/mol. The fraction of sp³-hybridized carbons (Fsp3) is 0.267. The lowest BCUT2D eigenvalue weighted by atomic mass is 10.1. The number of carbonyl (C=O) groups is 1. The fourth-order valence-corrected chi connectivity index (χ4v) is 2.28. The molecule has 0 saturated carbocycles. The number of aryl methyl sites for hydroxylation is 1. The van der Waals surface area contributed by atoms with E-state index in [2.05, 4.69) is 20.9 Å². The zero-order valence-electron chi connectivity index (χ0n) is 12.0. The summed E-state index contributed by atoms with van der Waals surface area (Å²) < 4.78 is 7.16. The predicted octanol–water partition coefficient (Wildman–Crippen LogP) is 2.51. The molecule has 0 saturated heterocycles. The first-order chi connectivity index (χ1) is 9.93. The van der Waals surface area contributed by atoms with Crippen molar-refractivity contribution in [1.82, 2.24) is 9.55 Å². The van der Waals surface area contributed by atoms with Gasteiger partial charge in [-0.15, -0.1) is 0 Å². The van der Waals surface area contributed by atoms with Gasteiger partial charge in [0.05, 0.1) is 23.8 Å². The van der Waals surface area contributed by atoms with Crippen molar-refractivity contribution in [3.63, 3.8) is 0 Å². The molecule has 0 aliphatic carbocycles. The van der Waals surface area contributed by atoms with Crippen LogP contribution in [-0.2, 0) is 6.54 Å². The Morgan fingerprint density at radius 3 is 2.48 bits per heavy atom. The van der Waals surface area contributed by atoms with Crippen LogP contribution in [0.15, 0.2) is 33.5 Å². The van der Waals surface area contributed by atoms with Crippen LogP contribution in [-0.4, -0.2) is 22.4 Å². The first-order valence-electron chi connectivity index (χ1n) is 6.35. The number of carbonyl (C=O) groups excluding carboxylic acids is 1. The Morgan fingerprint density at radius 2 is 1.90 bits per heavy atom. The summed E-state index contributed by atoms with van der Waals surface area (Å²) in [4.78, 5) is 28.1. The van der Waals surface area contributed by atoms with E-state index in [-0.39, 0.29) is 12.3 Å². The minimum Gasteiger partial charge on any atom is -0.497 e. The maximum atomic E-state index is 12.3. The molecule has 0 bridgehead atoms. The molecule has 110 valence electrons. The van der Waals surface area contributed by atoms with E-state index < -0.39 is 5.69 Å². The molecule has 0 radical (unpaired) electrons. The van der Waals surface area contributed by atoms with E-state index in [1.165, 1.54) is 4.57 Å². The molecule has 0 spiro atoms. The van der Waals surface area contributed by atoms with Crippen molar-refractivity contribution in [2.75, 3.05) is 7.11 Å². The SMILES string of the molecule is COc1ccc(C(=O)Cn2c(C)c(Br)c(C)nc2=O)cc1. The van der Waals surface area contributed by atoms with Gasteiger partial charge in [-0.25, -0.2) is 4.79 Å². The van der Waals surface area contributed by atoms with Crippen molar-refractivity contribution >= 4 is 21.7 Å². The van der Waals surface area contributed by atoms with Crippen LogP contribution in [0.5, 0.6) is 5.75 Å². The Morgan fingerprint density at radius 1 is 1.29 bits per heavy atom. The molecule has 2 aromatic rings. The van der Waals surface area contributed by atoms with Gasteiger partial charge in [0.1, 0.15) is 5.75 Å². The lowest BCUT2D eigenvalue weighted by molar-refractivity contribution is 0.0969. The van der Waals surface area contributed by atoms with Gasteiger partial charge in [-0.05, 0) is 54.0 Å². The largest absolute Gasteiger partial charge is 0.497 e. The number of Topliss-reactive ketones (excluding diaryl/α,β-unsaturated/α-hetero) is 1. The molecule has 6 heteroatoms. The number of hydrogen-bond donors (Lipinski definition) is 0. The molecule has 0 N–H and O–H groups in total. The molecule has 0 fully saturated rings. The number of ether oxygens (including phenoxy) is 1. The average molecular weight is 351 g/mol. The number of nitrogens with zero attached hydrogens (tertiary/aromatic N) is 2. The number of methoxy groups -OCH3 is 1. The number of aromatic nitrogens is 2. The van der Waals surface area contributed by atoms with Gasteiger partial charge in [0.25, 0.3) is 0 Å². The highest BCUT2D eigenvalue weighted by Crippen LogP contribution is 2.17.